The van der Waals surface area contributed by atoms with Gasteiger partial charge in [-0.3, -0.25) is 0 Å². The first-order valence-electron chi connectivity index (χ1n) is 2.54. The zero-order chi connectivity index (χ0) is 6.41. The Morgan fingerprint density at radius 3 is 2.56 bits per heavy atom. The molecule has 1 atom stereocenters. The van der Waals surface area contributed by atoms with Crippen molar-refractivity contribution in [3.8, 4) is 0 Å². The molecule has 0 aromatic rings. The van der Waals surface area contributed by atoms with Gasteiger partial charge < -0.3 is 4.89 Å². The van der Waals surface area contributed by atoms with E-state index in [1.54, 1.807) is 0 Å². The molecule has 5 heteroatoms. The van der Waals surface area contributed by atoms with Crippen molar-refractivity contribution >= 4 is 8.25 Å². The zero-order valence-corrected chi connectivity index (χ0v) is 9.81. The van der Waals surface area contributed by atoms with Gasteiger partial charge in [0.2, 0.25) is 0 Å². The summed E-state index contributed by atoms with van der Waals surface area (Å²) in [5.74, 6) is 0. The van der Waals surface area contributed by atoms with Crippen molar-refractivity contribution in [2.45, 2.75) is 19.8 Å². The molecule has 9 heavy (non-hydrogen) atoms. The minimum absolute atomic E-state index is 0. The molecule has 1 unspecified atom stereocenters. The third-order valence-electron chi connectivity index (χ3n) is 0.695. The van der Waals surface area contributed by atoms with E-state index < -0.39 is 8.25 Å². The Labute approximate surface area is 98.5 Å². The average molecular weight is 175 g/mol. The summed E-state index contributed by atoms with van der Waals surface area (Å²) >= 11 is 0. The fourth-order valence-electron chi connectivity index (χ4n) is 0.283. The Bertz CT molecular complexity index is 78.2. The van der Waals surface area contributed by atoms with Crippen LogP contribution in [0.3, 0.4) is 0 Å². The average Bonchev–Trinajstić information content (AvgIpc) is 1.66. The van der Waals surface area contributed by atoms with Crippen LogP contribution >= 0.6 is 8.25 Å². The predicted octanol–water partition coefficient (Wildman–Crippen LogP) is -2.18. The maximum absolute atomic E-state index is 9.69. The predicted molar refractivity (Wildman–Crippen MR) is 28.5 cm³/mol. The van der Waals surface area contributed by atoms with Crippen LogP contribution in [0.25, 0.3) is 0 Å². The smallest absolute Gasteiger partial charge is 0.566 e. The molecule has 0 N–H and O–H groups in total. The second kappa shape index (κ2) is 9.66. The van der Waals surface area contributed by atoms with E-state index in [-0.39, 0.29) is 51.4 Å². The summed E-state index contributed by atoms with van der Waals surface area (Å²) in [7, 11) is -2.61. The Morgan fingerprint density at radius 1 is 1.67 bits per heavy atom. The largest absolute Gasteiger partial charge is 1.00 e. The molecule has 0 amide bonds. The summed E-state index contributed by atoms with van der Waals surface area (Å²) in [4.78, 5) is 9.69. The van der Waals surface area contributed by atoms with Crippen molar-refractivity contribution in [3.63, 3.8) is 0 Å². The quantitative estimate of drug-likeness (QED) is 0.277. The van der Waals surface area contributed by atoms with Gasteiger partial charge in [0.25, 0.3) is 0 Å². The van der Waals surface area contributed by atoms with Crippen LogP contribution in [0.2, 0.25) is 0 Å². The Morgan fingerprint density at radius 2 is 2.22 bits per heavy atom. The topological polar surface area (TPSA) is 49.4 Å². The molecule has 0 radical (unpaired) electrons. The molecule has 0 heterocycles. The van der Waals surface area contributed by atoms with Crippen LogP contribution in [-0.4, -0.2) is 6.61 Å². The molecule has 48 valence electrons. The molecule has 0 aliphatic heterocycles. The molecule has 0 saturated carbocycles. The number of unbranched alkanes of at least 4 members (excludes halogenated alkanes) is 1. The third-order valence-corrected chi connectivity index (χ3v) is 1.09. The minimum Gasteiger partial charge on any atom is -0.566 e. The van der Waals surface area contributed by atoms with Crippen LogP contribution in [-0.2, 0) is 9.09 Å². The van der Waals surface area contributed by atoms with Gasteiger partial charge in [-0.15, -0.1) is 4.52 Å². The van der Waals surface area contributed by atoms with E-state index in [0.717, 1.165) is 12.8 Å². The van der Waals surface area contributed by atoms with E-state index in [1.807, 2.05) is 6.92 Å². The summed E-state index contributed by atoms with van der Waals surface area (Å²) in [6, 6.07) is 0. The van der Waals surface area contributed by atoms with E-state index in [9.17, 15) is 9.46 Å². The number of rotatable bonds is 4. The monoisotopic (exact) mass is 175 g/mol. The van der Waals surface area contributed by atoms with Crippen LogP contribution in [0.1, 0.15) is 19.8 Å². The van der Waals surface area contributed by atoms with Crippen molar-refractivity contribution in [1.82, 2.24) is 0 Å². The van der Waals surface area contributed by atoms with Crippen molar-refractivity contribution in [2.24, 2.45) is 0 Å². The SMILES string of the molecule is CCCCO[P+](=O)[O-].[K+]. The first-order chi connectivity index (χ1) is 3.77. The second-order valence-electron chi connectivity index (χ2n) is 1.41. The van der Waals surface area contributed by atoms with E-state index in [4.69, 9.17) is 0 Å². The van der Waals surface area contributed by atoms with Gasteiger partial charge in [-0.1, -0.05) is 13.3 Å². The summed E-state index contributed by atoms with van der Waals surface area (Å²) in [6.07, 6.45) is 1.77. The Balaban J connectivity index is 0. The van der Waals surface area contributed by atoms with E-state index >= 15 is 0 Å². The van der Waals surface area contributed by atoms with Gasteiger partial charge in [0.1, 0.15) is 6.61 Å². The molecule has 0 rings (SSSR count). The van der Waals surface area contributed by atoms with Crippen LogP contribution in [0.4, 0.5) is 0 Å². The molecule has 0 aliphatic rings. The van der Waals surface area contributed by atoms with Crippen LogP contribution < -0.4 is 56.3 Å². The first kappa shape index (κ1) is 13.3. The van der Waals surface area contributed by atoms with Crippen molar-refractivity contribution in [1.29, 1.82) is 0 Å². The maximum atomic E-state index is 9.69. The second-order valence-corrected chi connectivity index (χ2v) is 2.12. The van der Waals surface area contributed by atoms with Gasteiger partial charge in [-0.2, -0.15) is 0 Å². The van der Waals surface area contributed by atoms with Gasteiger partial charge in [0, 0.05) is 0 Å². The number of hydrogen-bond donors (Lipinski definition) is 0. The van der Waals surface area contributed by atoms with Gasteiger partial charge in [0.05, 0.1) is 0 Å². The molecule has 3 nitrogen and oxygen atoms in total. The van der Waals surface area contributed by atoms with E-state index in [1.165, 1.54) is 0 Å². The maximum Gasteiger partial charge on any atom is 1.00 e. The molecule has 0 aliphatic carbocycles. The molecule has 0 spiro atoms. The first-order valence-corrected chi connectivity index (χ1v) is 3.64. The zero-order valence-electron chi connectivity index (χ0n) is 5.79. The summed E-state index contributed by atoms with van der Waals surface area (Å²) in [6.45, 7) is 2.30. The summed E-state index contributed by atoms with van der Waals surface area (Å²) in [5, 5.41) is 0. The summed E-state index contributed by atoms with van der Waals surface area (Å²) in [5.41, 5.74) is 0. The van der Waals surface area contributed by atoms with Crippen LogP contribution in [0.15, 0.2) is 0 Å². The number of hydrogen-bond acceptors (Lipinski definition) is 3. The van der Waals surface area contributed by atoms with E-state index in [2.05, 4.69) is 4.52 Å². The molecule has 0 fully saturated rings. The van der Waals surface area contributed by atoms with Crippen molar-refractivity contribution in [3.05, 3.63) is 0 Å². The van der Waals surface area contributed by atoms with Crippen molar-refractivity contribution < 1.29 is 65.4 Å². The minimum atomic E-state index is -2.61. The Kier molecular flexibility index (Phi) is 14.2. The van der Waals surface area contributed by atoms with Crippen molar-refractivity contribution in [2.75, 3.05) is 6.61 Å². The Hall–Kier alpha value is 1.66. The molecular weight excluding hydrogens is 166 g/mol. The summed E-state index contributed by atoms with van der Waals surface area (Å²) < 4.78 is 13.9. The molecule has 0 aromatic carbocycles. The van der Waals surface area contributed by atoms with Gasteiger partial charge in [0.15, 0.2) is 0 Å². The van der Waals surface area contributed by atoms with Crippen LogP contribution in [0.5, 0.6) is 0 Å². The van der Waals surface area contributed by atoms with Crippen LogP contribution in [0, 0.1) is 0 Å². The molecule has 0 aromatic heterocycles. The van der Waals surface area contributed by atoms with E-state index in [0.29, 0.717) is 6.61 Å². The molecular formula is C4H9KO3P+. The molecule has 0 saturated heterocycles. The fraction of sp³-hybridized carbons (Fsp3) is 1.00. The molecule has 0 bridgehead atoms. The van der Waals surface area contributed by atoms with Gasteiger partial charge >= 0.3 is 59.6 Å². The third kappa shape index (κ3) is 12.8. The standard InChI is InChI=1S/C4H9O3P.K/c1-2-3-4-7-8(5)6;/h2-4H2,1H3;/q;+1. The van der Waals surface area contributed by atoms with Gasteiger partial charge in [-0.25, -0.2) is 0 Å². The van der Waals surface area contributed by atoms with Gasteiger partial charge in [-0.05, 0) is 11.0 Å². The fourth-order valence-corrected chi connectivity index (χ4v) is 0.562. The normalized spacial score (nSPS) is 10.2.